The van der Waals surface area contributed by atoms with E-state index in [1.54, 1.807) is 6.92 Å². The molecule has 1 aromatic carbocycles. The van der Waals surface area contributed by atoms with E-state index in [2.05, 4.69) is 5.32 Å². The highest BCUT2D eigenvalue weighted by atomic mass is 32.2. The number of amides is 1. The molecule has 3 N–H and O–H groups in total. The number of carbonyl (C=O) groups excluding carboxylic acids is 1. The Bertz CT molecular complexity index is 736. The van der Waals surface area contributed by atoms with Crippen molar-refractivity contribution >= 4 is 21.6 Å². The van der Waals surface area contributed by atoms with Crippen LogP contribution in [0.15, 0.2) is 29.2 Å². The molecule has 2 rings (SSSR count). The Balaban J connectivity index is 2.29. The summed E-state index contributed by atoms with van der Waals surface area (Å²) in [6.45, 7) is 2.17. The first-order valence-corrected chi connectivity index (χ1v) is 8.98. The fraction of sp³-hybridized carbons (Fsp3) is 0.500. The quantitative estimate of drug-likeness (QED) is 0.552. The number of nitrogens with two attached hydrogens (primary N) is 1. The fourth-order valence-corrected chi connectivity index (χ4v) is 4.28. The minimum atomic E-state index is -3.99. The molecule has 1 unspecified atom stereocenters. The first-order valence-electron chi connectivity index (χ1n) is 7.54. The molecule has 1 saturated heterocycles. The number of non-ortho nitro benzene ring substituents is 1. The average Bonchev–Trinajstić information content (AvgIpc) is 3.05. The summed E-state index contributed by atoms with van der Waals surface area (Å²) in [5.74, 6) is -0.403. The van der Waals surface area contributed by atoms with Crippen LogP contribution in [0.1, 0.15) is 19.8 Å². The number of nitro benzene ring substituents is 1. The number of hydrogen-bond donors (Lipinski definition) is 2. The highest BCUT2D eigenvalue weighted by Gasteiger charge is 2.40. The van der Waals surface area contributed by atoms with Crippen molar-refractivity contribution in [2.75, 3.05) is 13.1 Å². The van der Waals surface area contributed by atoms with Crippen molar-refractivity contribution in [3.05, 3.63) is 34.4 Å². The molecule has 9 nitrogen and oxygen atoms in total. The lowest BCUT2D eigenvalue weighted by Gasteiger charge is -2.24. The van der Waals surface area contributed by atoms with Crippen LogP contribution in [0.5, 0.6) is 0 Å². The predicted molar refractivity (Wildman–Crippen MR) is 86.7 cm³/mol. The number of rotatable bonds is 6. The zero-order valence-corrected chi connectivity index (χ0v) is 14.0. The second kappa shape index (κ2) is 7.24. The van der Waals surface area contributed by atoms with Crippen molar-refractivity contribution in [3.8, 4) is 0 Å². The second-order valence-corrected chi connectivity index (χ2v) is 7.56. The Morgan fingerprint density at radius 3 is 2.88 bits per heavy atom. The standard InChI is InChI=1S/C14H20N4O5S/c1-10(9-15)16-14(19)13-6-3-7-17(13)24(22,23)12-5-2-4-11(8-12)18(20)21/h2,4-5,8,10,13H,3,6-7,9,15H2,1H3,(H,16,19)/t10-,13?/m0/s1. The third-order valence-corrected chi connectivity index (χ3v) is 5.79. The summed E-state index contributed by atoms with van der Waals surface area (Å²) in [5.41, 5.74) is 5.15. The maximum atomic E-state index is 12.8. The molecule has 132 valence electrons. The van der Waals surface area contributed by atoms with Gasteiger partial charge in [-0.3, -0.25) is 14.9 Å². The van der Waals surface area contributed by atoms with Crippen LogP contribution in [0, 0.1) is 10.1 Å². The summed E-state index contributed by atoms with van der Waals surface area (Å²) in [6, 6.07) is 3.73. The molecule has 0 radical (unpaired) electrons. The van der Waals surface area contributed by atoms with Gasteiger partial charge in [-0.1, -0.05) is 6.07 Å². The minimum Gasteiger partial charge on any atom is -0.351 e. The predicted octanol–water partition coefficient (Wildman–Crippen LogP) is 0.211. The summed E-state index contributed by atoms with van der Waals surface area (Å²) in [4.78, 5) is 22.3. The molecule has 1 aliphatic heterocycles. The summed E-state index contributed by atoms with van der Waals surface area (Å²) in [7, 11) is -3.99. The van der Waals surface area contributed by atoms with E-state index < -0.39 is 26.9 Å². The Labute approximate surface area is 140 Å². The molecule has 1 aliphatic rings. The summed E-state index contributed by atoms with van der Waals surface area (Å²) >= 11 is 0. The van der Waals surface area contributed by atoms with Crippen LogP contribution in [0.3, 0.4) is 0 Å². The van der Waals surface area contributed by atoms with Gasteiger partial charge in [0.2, 0.25) is 15.9 Å². The lowest BCUT2D eigenvalue weighted by atomic mass is 10.2. The average molecular weight is 356 g/mol. The first kappa shape index (κ1) is 18.3. The number of nitro groups is 1. The highest BCUT2D eigenvalue weighted by Crippen LogP contribution is 2.28. The van der Waals surface area contributed by atoms with Crippen LogP contribution in [0.25, 0.3) is 0 Å². The molecule has 0 aliphatic carbocycles. The first-order chi connectivity index (χ1) is 11.3. The van der Waals surface area contributed by atoms with Crippen molar-refractivity contribution in [2.45, 2.75) is 36.7 Å². The van der Waals surface area contributed by atoms with Gasteiger partial charge in [0.1, 0.15) is 6.04 Å². The van der Waals surface area contributed by atoms with E-state index in [1.165, 1.54) is 18.2 Å². The van der Waals surface area contributed by atoms with E-state index in [0.717, 1.165) is 10.4 Å². The molecule has 2 atom stereocenters. The summed E-state index contributed by atoms with van der Waals surface area (Å²) in [5, 5.41) is 13.5. The van der Waals surface area contributed by atoms with Crippen LogP contribution < -0.4 is 11.1 Å². The van der Waals surface area contributed by atoms with Crippen LogP contribution in [0.4, 0.5) is 5.69 Å². The monoisotopic (exact) mass is 356 g/mol. The molecule has 0 aromatic heterocycles. The largest absolute Gasteiger partial charge is 0.351 e. The van der Waals surface area contributed by atoms with Gasteiger partial charge in [0.05, 0.1) is 9.82 Å². The van der Waals surface area contributed by atoms with Gasteiger partial charge in [0.25, 0.3) is 5.69 Å². The number of benzene rings is 1. The smallest absolute Gasteiger partial charge is 0.270 e. The molecule has 1 fully saturated rings. The van der Waals surface area contributed by atoms with Crippen molar-refractivity contribution in [1.82, 2.24) is 9.62 Å². The van der Waals surface area contributed by atoms with Crippen LogP contribution >= 0.6 is 0 Å². The third kappa shape index (κ3) is 3.71. The number of nitrogens with one attached hydrogen (secondary N) is 1. The molecule has 1 aromatic rings. The Morgan fingerprint density at radius 1 is 1.54 bits per heavy atom. The molecule has 1 heterocycles. The molecular weight excluding hydrogens is 336 g/mol. The number of carbonyl (C=O) groups is 1. The van der Waals surface area contributed by atoms with Gasteiger partial charge in [-0.05, 0) is 25.8 Å². The van der Waals surface area contributed by atoms with E-state index in [-0.39, 0.29) is 29.7 Å². The van der Waals surface area contributed by atoms with Crippen molar-refractivity contribution < 1.29 is 18.1 Å². The Hall–Kier alpha value is -2.04. The van der Waals surface area contributed by atoms with E-state index in [9.17, 15) is 23.3 Å². The maximum Gasteiger partial charge on any atom is 0.270 e. The second-order valence-electron chi connectivity index (χ2n) is 5.67. The Kier molecular flexibility index (Phi) is 5.52. The van der Waals surface area contributed by atoms with E-state index in [0.29, 0.717) is 12.8 Å². The van der Waals surface area contributed by atoms with Crippen LogP contribution in [-0.4, -0.2) is 48.7 Å². The van der Waals surface area contributed by atoms with Crippen molar-refractivity contribution in [1.29, 1.82) is 0 Å². The molecule has 0 spiro atoms. The summed E-state index contributed by atoms with van der Waals surface area (Å²) in [6.07, 6.45) is 0.945. The van der Waals surface area contributed by atoms with Gasteiger partial charge in [0.15, 0.2) is 0 Å². The van der Waals surface area contributed by atoms with E-state index in [4.69, 9.17) is 5.73 Å². The van der Waals surface area contributed by atoms with Gasteiger partial charge < -0.3 is 11.1 Å². The maximum absolute atomic E-state index is 12.8. The fourth-order valence-electron chi connectivity index (χ4n) is 2.58. The van der Waals surface area contributed by atoms with Crippen molar-refractivity contribution in [3.63, 3.8) is 0 Å². The molecule has 0 saturated carbocycles. The number of sulfonamides is 1. The van der Waals surface area contributed by atoms with Crippen LogP contribution in [-0.2, 0) is 14.8 Å². The van der Waals surface area contributed by atoms with E-state index >= 15 is 0 Å². The van der Waals surface area contributed by atoms with Gasteiger partial charge in [-0.15, -0.1) is 0 Å². The normalized spacial score (nSPS) is 19.8. The molecule has 24 heavy (non-hydrogen) atoms. The zero-order valence-electron chi connectivity index (χ0n) is 13.2. The van der Waals surface area contributed by atoms with Gasteiger partial charge in [0, 0.05) is 31.3 Å². The minimum absolute atomic E-state index is 0.191. The lowest BCUT2D eigenvalue weighted by molar-refractivity contribution is -0.385. The third-order valence-electron chi connectivity index (χ3n) is 3.88. The summed E-state index contributed by atoms with van der Waals surface area (Å²) < 4.78 is 26.7. The van der Waals surface area contributed by atoms with Gasteiger partial charge in [-0.25, -0.2) is 8.42 Å². The van der Waals surface area contributed by atoms with E-state index in [1.807, 2.05) is 0 Å². The number of nitrogens with zero attached hydrogens (tertiary/aromatic N) is 2. The molecule has 0 bridgehead atoms. The Morgan fingerprint density at radius 2 is 2.25 bits per heavy atom. The molecule has 10 heteroatoms. The molecular formula is C14H20N4O5S. The molecule has 1 amide bonds. The topological polar surface area (TPSA) is 136 Å². The van der Waals surface area contributed by atoms with Crippen molar-refractivity contribution in [2.24, 2.45) is 5.73 Å². The highest BCUT2D eigenvalue weighted by molar-refractivity contribution is 7.89. The van der Waals surface area contributed by atoms with Gasteiger partial charge in [-0.2, -0.15) is 4.31 Å². The zero-order chi connectivity index (χ0) is 17.9. The van der Waals surface area contributed by atoms with Gasteiger partial charge >= 0.3 is 0 Å². The SMILES string of the molecule is C[C@@H](CN)NC(=O)C1CCCN1S(=O)(=O)c1cccc([N+](=O)[O-])c1. The van der Waals surface area contributed by atoms with Crippen LogP contribution in [0.2, 0.25) is 0 Å². The number of hydrogen-bond acceptors (Lipinski definition) is 6. The lowest BCUT2D eigenvalue weighted by Crippen LogP contribution is -2.49.